The standard InChI is InChI=1S/C14H14ClIN4O2/c1-7(2)12-9(22-3)4-5-11(18-12)17-8-6-10(15)19-20-13(8)14(16)21/h4-7H,1-3H3,(H,17,18,19). The molecule has 0 aromatic carbocycles. The normalized spacial score (nSPS) is 10.6. The van der Waals surface area contributed by atoms with Crippen LogP contribution in [0, 0.1) is 0 Å². The first-order valence-electron chi connectivity index (χ1n) is 6.47. The highest BCUT2D eigenvalue weighted by molar-refractivity contribution is 14.1. The second kappa shape index (κ2) is 7.19. The average molecular weight is 433 g/mol. The number of nitrogens with zero attached hydrogens (tertiary/aromatic N) is 3. The van der Waals surface area contributed by atoms with Crippen molar-refractivity contribution in [2.45, 2.75) is 19.8 Å². The molecule has 2 heterocycles. The Balaban J connectivity index is 2.41. The summed E-state index contributed by atoms with van der Waals surface area (Å²) in [5.74, 6) is 1.49. The van der Waals surface area contributed by atoms with E-state index in [0.29, 0.717) is 11.5 Å². The first kappa shape index (κ1) is 16.9. The van der Waals surface area contributed by atoms with Crippen molar-refractivity contribution in [1.82, 2.24) is 15.2 Å². The zero-order valence-corrected chi connectivity index (χ0v) is 15.1. The van der Waals surface area contributed by atoms with Gasteiger partial charge in [0.15, 0.2) is 10.8 Å². The molecule has 2 aromatic rings. The number of methoxy groups -OCH3 is 1. The summed E-state index contributed by atoms with van der Waals surface area (Å²) in [6.07, 6.45) is 0. The van der Waals surface area contributed by atoms with Crippen LogP contribution < -0.4 is 10.1 Å². The zero-order chi connectivity index (χ0) is 16.3. The van der Waals surface area contributed by atoms with Gasteiger partial charge < -0.3 is 10.1 Å². The molecular formula is C14H14ClIN4O2. The second-order valence-electron chi connectivity index (χ2n) is 4.77. The fourth-order valence-corrected chi connectivity index (χ4v) is 2.41. The molecule has 116 valence electrons. The lowest BCUT2D eigenvalue weighted by atomic mass is 10.1. The lowest BCUT2D eigenvalue weighted by Gasteiger charge is -2.14. The van der Waals surface area contributed by atoms with Crippen molar-refractivity contribution in [1.29, 1.82) is 0 Å². The van der Waals surface area contributed by atoms with Crippen LogP contribution in [-0.2, 0) is 0 Å². The maximum absolute atomic E-state index is 11.6. The van der Waals surface area contributed by atoms with E-state index in [2.05, 4.69) is 20.5 Å². The van der Waals surface area contributed by atoms with Crippen LogP contribution in [0.4, 0.5) is 11.5 Å². The Morgan fingerprint density at radius 2 is 2.09 bits per heavy atom. The highest BCUT2D eigenvalue weighted by Gasteiger charge is 2.15. The summed E-state index contributed by atoms with van der Waals surface area (Å²) in [6.45, 7) is 4.05. The molecule has 0 spiro atoms. The number of ether oxygens (including phenoxy) is 1. The van der Waals surface area contributed by atoms with Crippen molar-refractivity contribution in [3.05, 3.63) is 34.7 Å². The molecule has 0 unspecified atom stereocenters. The molecular weight excluding hydrogens is 419 g/mol. The monoisotopic (exact) mass is 432 g/mol. The van der Waals surface area contributed by atoms with E-state index in [-0.39, 0.29) is 20.6 Å². The highest BCUT2D eigenvalue weighted by atomic mass is 127. The van der Waals surface area contributed by atoms with Crippen molar-refractivity contribution in [3.8, 4) is 5.75 Å². The molecule has 8 heteroatoms. The van der Waals surface area contributed by atoms with Crippen molar-refractivity contribution < 1.29 is 9.53 Å². The molecule has 2 aromatic heterocycles. The Morgan fingerprint density at radius 3 is 2.68 bits per heavy atom. The first-order valence-corrected chi connectivity index (χ1v) is 7.93. The van der Waals surface area contributed by atoms with Gasteiger partial charge in [-0.2, -0.15) is 0 Å². The fraction of sp³-hybridized carbons (Fsp3) is 0.286. The smallest absolute Gasteiger partial charge is 0.244 e. The molecule has 2 rings (SSSR count). The van der Waals surface area contributed by atoms with Crippen LogP contribution in [-0.4, -0.2) is 26.1 Å². The van der Waals surface area contributed by atoms with Gasteiger partial charge in [-0.1, -0.05) is 25.4 Å². The predicted molar refractivity (Wildman–Crippen MR) is 93.6 cm³/mol. The van der Waals surface area contributed by atoms with Crippen LogP contribution >= 0.6 is 34.2 Å². The number of halogens is 2. The van der Waals surface area contributed by atoms with Crippen molar-refractivity contribution in [2.24, 2.45) is 0 Å². The van der Waals surface area contributed by atoms with Gasteiger partial charge in [-0.05, 0) is 18.1 Å². The molecule has 6 nitrogen and oxygen atoms in total. The summed E-state index contributed by atoms with van der Waals surface area (Å²) >= 11 is 7.50. The fourth-order valence-electron chi connectivity index (χ4n) is 1.86. The van der Waals surface area contributed by atoms with Gasteiger partial charge in [0.2, 0.25) is 3.79 Å². The summed E-state index contributed by atoms with van der Waals surface area (Å²) in [5, 5.41) is 10.8. The first-order chi connectivity index (χ1) is 10.4. The zero-order valence-electron chi connectivity index (χ0n) is 12.2. The Labute approximate surface area is 146 Å². The number of hydrogen-bond donors (Lipinski definition) is 1. The molecule has 0 saturated heterocycles. The minimum Gasteiger partial charge on any atom is -0.495 e. The molecule has 1 N–H and O–H groups in total. The number of carbonyl (C=O) groups is 1. The molecule has 0 aliphatic heterocycles. The van der Waals surface area contributed by atoms with E-state index < -0.39 is 0 Å². The van der Waals surface area contributed by atoms with E-state index in [1.165, 1.54) is 0 Å². The molecule has 0 aliphatic rings. The minimum atomic E-state index is -0.234. The topological polar surface area (TPSA) is 77.0 Å². The Bertz CT molecular complexity index is 709. The van der Waals surface area contributed by atoms with Gasteiger partial charge in [0.05, 0.1) is 18.5 Å². The predicted octanol–water partition coefficient (Wildman–Crippen LogP) is 3.98. The van der Waals surface area contributed by atoms with Gasteiger partial charge in [0, 0.05) is 28.7 Å². The van der Waals surface area contributed by atoms with E-state index >= 15 is 0 Å². The number of pyridine rings is 1. The third-order valence-corrected chi connectivity index (χ3v) is 3.56. The van der Waals surface area contributed by atoms with Gasteiger partial charge >= 0.3 is 0 Å². The van der Waals surface area contributed by atoms with Gasteiger partial charge in [0.25, 0.3) is 0 Å². The third kappa shape index (κ3) is 3.83. The number of rotatable bonds is 5. The molecule has 0 radical (unpaired) electrons. The maximum atomic E-state index is 11.6. The summed E-state index contributed by atoms with van der Waals surface area (Å²) in [7, 11) is 1.61. The summed E-state index contributed by atoms with van der Waals surface area (Å²) in [4.78, 5) is 16.1. The summed E-state index contributed by atoms with van der Waals surface area (Å²) < 4.78 is 5.07. The molecule has 0 saturated carbocycles. The molecule has 0 atom stereocenters. The quantitative estimate of drug-likeness (QED) is 0.569. The highest BCUT2D eigenvalue weighted by Crippen LogP contribution is 2.28. The van der Waals surface area contributed by atoms with Crippen LogP contribution in [0.3, 0.4) is 0 Å². The van der Waals surface area contributed by atoms with E-state index in [0.717, 1.165) is 11.4 Å². The van der Waals surface area contributed by atoms with Gasteiger partial charge in [0.1, 0.15) is 11.6 Å². The number of carbonyl (C=O) groups excluding carboxylic acids is 1. The number of hydrogen-bond acceptors (Lipinski definition) is 6. The molecule has 0 bridgehead atoms. The number of nitrogens with one attached hydrogen (secondary N) is 1. The number of anilines is 2. The molecule has 0 aliphatic carbocycles. The van der Waals surface area contributed by atoms with Gasteiger partial charge in [-0.3, -0.25) is 4.79 Å². The lowest BCUT2D eigenvalue weighted by molar-refractivity contribution is 0.110. The summed E-state index contributed by atoms with van der Waals surface area (Å²) in [6, 6.07) is 5.13. The molecule has 0 fully saturated rings. The van der Waals surface area contributed by atoms with Crippen LogP contribution in [0.15, 0.2) is 18.2 Å². The van der Waals surface area contributed by atoms with Gasteiger partial charge in [-0.25, -0.2) is 4.98 Å². The van der Waals surface area contributed by atoms with Gasteiger partial charge in [-0.15, -0.1) is 10.2 Å². The van der Waals surface area contributed by atoms with E-state index in [1.54, 1.807) is 41.8 Å². The van der Waals surface area contributed by atoms with E-state index in [9.17, 15) is 4.79 Å². The Kier molecular flexibility index (Phi) is 5.52. The largest absolute Gasteiger partial charge is 0.495 e. The molecule has 0 amide bonds. The second-order valence-corrected chi connectivity index (χ2v) is 6.13. The van der Waals surface area contributed by atoms with Crippen LogP contribution in [0.1, 0.15) is 35.9 Å². The third-order valence-electron chi connectivity index (χ3n) is 2.87. The van der Waals surface area contributed by atoms with Crippen LogP contribution in [0.5, 0.6) is 5.75 Å². The van der Waals surface area contributed by atoms with Crippen LogP contribution in [0.2, 0.25) is 5.15 Å². The van der Waals surface area contributed by atoms with Crippen molar-refractivity contribution in [2.75, 3.05) is 12.4 Å². The van der Waals surface area contributed by atoms with E-state index in [4.69, 9.17) is 16.3 Å². The van der Waals surface area contributed by atoms with Crippen LogP contribution in [0.25, 0.3) is 0 Å². The minimum absolute atomic E-state index is 0.196. The average Bonchev–Trinajstić information content (AvgIpc) is 2.46. The van der Waals surface area contributed by atoms with Crippen molar-refractivity contribution >= 4 is 49.5 Å². The number of aromatic nitrogens is 3. The Hall–Kier alpha value is -1.48. The Morgan fingerprint density at radius 1 is 1.36 bits per heavy atom. The van der Waals surface area contributed by atoms with E-state index in [1.807, 2.05) is 19.9 Å². The SMILES string of the molecule is COc1ccc(Nc2cc(Cl)nnc2C(=O)I)nc1C(C)C. The lowest BCUT2D eigenvalue weighted by Crippen LogP contribution is -2.06. The maximum Gasteiger partial charge on any atom is 0.244 e. The van der Waals surface area contributed by atoms with Crippen molar-refractivity contribution in [3.63, 3.8) is 0 Å². The molecule has 22 heavy (non-hydrogen) atoms. The summed E-state index contributed by atoms with van der Waals surface area (Å²) in [5.41, 5.74) is 1.49.